The van der Waals surface area contributed by atoms with Gasteiger partial charge in [0.05, 0.1) is 33.2 Å². The standard InChI is InChI=1S/C73H46N2O/c1-4-19-47(20-5-1)49-35-40-67(59(43-49)48-21-6-2-7-22-48)75(53-38-39-57-56-27-12-16-31-64(56)73(65(57)46-53)62-29-14-10-25-54(62)55-26-11-15-30-63(55)73)69-33-18-34-71-72(69)61-45-51(37-42-70(61)76-71)50-36-41-68-60(44-50)58-28-13-17-32-66(58)74(68)52-23-8-3-9-24-52/h1-46H. The van der Waals surface area contributed by atoms with Crippen LogP contribution in [0.5, 0.6) is 0 Å². The Balaban J connectivity index is 0.954. The molecule has 0 saturated heterocycles. The van der Waals surface area contributed by atoms with E-state index < -0.39 is 5.41 Å². The summed E-state index contributed by atoms with van der Waals surface area (Å²) in [6.07, 6.45) is 0. The van der Waals surface area contributed by atoms with Crippen molar-refractivity contribution < 1.29 is 4.42 Å². The molecule has 2 aliphatic carbocycles. The van der Waals surface area contributed by atoms with Gasteiger partial charge in [-0.1, -0.05) is 200 Å². The van der Waals surface area contributed by atoms with E-state index in [1.165, 1.54) is 71.9 Å². The SMILES string of the molecule is c1ccc(-c2ccc(N(c3ccc4c(c3)C3(c5ccccc5-c5ccccc53)c3ccccc3-4)c3cccc4oc5ccc(-c6ccc7c(c6)c6ccccc6n7-c6ccccc6)cc5c34)c(-c3ccccc3)c2)cc1. The number of para-hydroxylation sites is 2. The molecule has 1 spiro atoms. The normalized spacial score (nSPS) is 12.8. The van der Waals surface area contributed by atoms with Gasteiger partial charge < -0.3 is 13.9 Å². The van der Waals surface area contributed by atoms with Gasteiger partial charge in [0.25, 0.3) is 0 Å². The van der Waals surface area contributed by atoms with Crippen LogP contribution in [-0.2, 0) is 5.41 Å². The Hall–Kier alpha value is -9.96. The van der Waals surface area contributed by atoms with Crippen molar-refractivity contribution in [1.82, 2.24) is 4.57 Å². The molecule has 12 aromatic carbocycles. The quantitative estimate of drug-likeness (QED) is 0.159. The molecule has 0 atom stereocenters. The van der Waals surface area contributed by atoms with Gasteiger partial charge in [-0.25, -0.2) is 0 Å². The molecule has 354 valence electrons. The van der Waals surface area contributed by atoms with Gasteiger partial charge in [0, 0.05) is 33.1 Å². The lowest BCUT2D eigenvalue weighted by Crippen LogP contribution is -2.26. The summed E-state index contributed by atoms with van der Waals surface area (Å²) in [7, 11) is 0. The number of aromatic nitrogens is 1. The summed E-state index contributed by atoms with van der Waals surface area (Å²) in [5.74, 6) is 0. The smallest absolute Gasteiger partial charge is 0.137 e. The molecule has 16 rings (SSSR count). The van der Waals surface area contributed by atoms with Gasteiger partial charge >= 0.3 is 0 Å². The minimum absolute atomic E-state index is 0.516. The number of benzene rings is 12. The van der Waals surface area contributed by atoms with Gasteiger partial charge in [0.15, 0.2) is 0 Å². The molecule has 0 radical (unpaired) electrons. The molecule has 0 unspecified atom stereocenters. The number of nitrogens with zero attached hydrogens (tertiary/aromatic N) is 2. The fourth-order valence-electron chi connectivity index (χ4n) is 13.2. The number of fused-ring (bicyclic) bond motifs is 16. The van der Waals surface area contributed by atoms with E-state index in [9.17, 15) is 0 Å². The number of hydrogen-bond donors (Lipinski definition) is 0. The third kappa shape index (κ3) is 6.11. The van der Waals surface area contributed by atoms with Crippen molar-refractivity contribution in [3.8, 4) is 61.3 Å². The predicted molar refractivity (Wildman–Crippen MR) is 315 cm³/mol. The first kappa shape index (κ1) is 42.5. The molecule has 14 aromatic rings. The zero-order valence-corrected chi connectivity index (χ0v) is 41.4. The fraction of sp³-hybridized carbons (Fsp3) is 0.0137. The van der Waals surface area contributed by atoms with Gasteiger partial charge in [0.2, 0.25) is 0 Å². The van der Waals surface area contributed by atoms with E-state index in [0.29, 0.717) is 0 Å². The van der Waals surface area contributed by atoms with Crippen LogP contribution in [0, 0.1) is 0 Å². The number of anilines is 3. The summed E-state index contributed by atoms with van der Waals surface area (Å²) in [6.45, 7) is 0. The average Bonchev–Trinajstić information content (AvgIpc) is 4.41. The highest BCUT2D eigenvalue weighted by Gasteiger charge is 2.51. The Morgan fingerprint density at radius 3 is 1.57 bits per heavy atom. The van der Waals surface area contributed by atoms with E-state index in [1.807, 2.05) is 0 Å². The summed E-state index contributed by atoms with van der Waals surface area (Å²) in [4.78, 5) is 2.51. The van der Waals surface area contributed by atoms with E-state index in [2.05, 4.69) is 289 Å². The highest BCUT2D eigenvalue weighted by molar-refractivity contribution is 6.16. The van der Waals surface area contributed by atoms with E-state index in [4.69, 9.17) is 4.42 Å². The average molecular weight is 967 g/mol. The summed E-state index contributed by atoms with van der Waals surface area (Å²) < 4.78 is 9.30. The minimum atomic E-state index is -0.516. The largest absolute Gasteiger partial charge is 0.456 e. The van der Waals surface area contributed by atoms with Gasteiger partial charge in [-0.15, -0.1) is 0 Å². The molecule has 76 heavy (non-hydrogen) atoms. The maximum absolute atomic E-state index is 6.92. The van der Waals surface area contributed by atoms with Crippen LogP contribution in [0.3, 0.4) is 0 Å². The molecule has 3 heteroatoms. The topological polar surface area (TPSA) is 21.3 Å². The van der Waals surface area contributed by atoms with Crippen LogP contribution in [0.4, 0.5) is 17.1 Å². The monoisotopic (exact) mass is 966 g/mol. The van der Waals surface area contributed by atoms with Crippen molar-refractivity contribution in [2.75, 3.05) is 4.90 Å². The maximum atomic E-state index is 6.92. The molecule has 0 saturated carbocycles. The van der Waals surface area contributed by atoms with Gasteiger partial charge in [-0.3, -0.25) is 0 Å². The highest BCUT2D eigenvalue weighted by atomic mass is 16.3. The molecule has 2 aromatic heterocycles. The van der Waals surface area contributed by atoms with Crippen LogP contribution in [-0.4, -0.2) is 4.57 Å². The fourth-order valence-corrected chi connectivity index (χ4v) is 13.2. The van der Waals surface area contributed by atoms with Crippen molar-refractivity contribution in [3.63, 3.8) is 0 Å². The van der Waals surface area contributed by atoms with E-state index in [0.717, 1.165) is 72.5 Å². The van der Waals surface area contributed by atoms with E-state index >= 15 is 0 Å². The molecule has 0 aliphatic heterocycles. The van der Waals surface area contributed by atoms with Crippen LogP contribution in [0.2, 0.25) is 0 Å². The Bertz CT molecular complexity index is 4580. The lowest BCUT2D eigenvalue weighted by atomic mass is 9.70. The summed E-state index contributed by atoms with van der Waals surface area (Å²) in [5, 5.41) is 4.57. The second-order valence-electron chi connectivity index (χ2n) is 20.3. The van der Waals surface area contributed by atoms with Crippen LogP contribution in [0.15, 0.2) is 283 Å². The van der Waals surface area contributed by atoms with Crippen LogP contribution >= 0.6 is 0 Å². The third-order valence-electron chi connectivity index (χ3n) is 16.4. The summed E-state index contributed by atoms with van der Waals surface area (Å²) >= 11 is 0. The Morgan fingerprint density at radius 2 is 0.855 bits per heavy atom. The molecular formula is C73H46N2O. The van der Waals surface area contributed by atoms with Gasteiger partial charge in [-0.05, 0) is 151 Å². The van der Waals surface area contributed by atoms with Crippen LogP contribution < -0.4 is 4.90 Å². The van der Waals surface area contributed by atoms with E-state index in [-0.39, 0.29) is 0 Å². The molecule has 0 fully saturated rings. The summed E-state index contributed by atoms with van der Waals surface area (Å²) in [6, 6.07) is 103. The molecule has 2 heterocycles. The zero-order chi connectivity index (χ0) is 49.9. The summed E-state index contributed by atoms with van der Waals surface area (Å²) in [5.41, 5.74) is 25.1. The maximum Gasteiger partial charge on any atom is 0.137 e. The number of rotatable bonds is 7. The molecule has 3 nitrogen and oxygen atoms in total. The Morgan fingerprint density at radius 1 is 0.303 bits per heavy atom. The lowest BCUT2D eigenvalue weighted by Gasteiger charge is -2.33. The first-order chi connectivity index (χ1) is 37.7. The first-order valence-electron chi connectivity index (χ1n) is 26.2. The van der Waals surface area contributed by atoms with E-state index in [1.54, 1.807) is 0 Å². The second kappa shape index (κ2) is 16.5. The highest BCUT2D eigenvalue weighted by Crippen LogP contribution is 2.63. The van der Waals surface area contributed by atoms with Crippen molar-refractivity contribution in [3.05, 3.63) is 301 Å². The predicted octanol–water partition coefficient (Wildman–Crippen LogP) is 19.5. The molecular weight excluding hydrogens is 921 g/mol. The first-order valence-corrected chi connectivity index (χ1v) is 26.2. The van der Waals surface area contributed by atoms with Gasteiger partial charge in [0.1, 0.15) is 11.2 Å². The molecule has 0 amide bonds. The lowest BCUT2D eigenvalue weighted by molar-refractivity contribution is 0.669. The van der Waals surface area contributed by atoms with Crippen LogP contribution in [0.25, 0.3) is 105 Å². The van der Waals surface area contributed by atoms with Crippen molar-refractivity contribution >= 4 is 60.8 Å². The molecule has 0 bridgehead atoms. The zero-order valence-electron chi connectivity index (χ0n) is 41.4. The number of furan rings is 1. The van der Waals surface area contributed by atoms with Crippen molar-refractivity contribution in [2.24, 2.45) is 0 Å². The molecule has 2 aliphatic rings. The number of hydrogen-bond acceptors (Lipinski definition) is 2. The Labute approximate surface area is 440 Å². The third-order valence-corrected chi connectivity index (χ3v) is 16.4. The van der Waals surface area contributed by atoms with Crippen molar-refractivity contribution in [2.45, 2.75) is 5.41 Å². The molecule has 0 N–H and O–H groups in total. The minimum Gasteiger partial charge on any atom is -0.456 e. The second-order valence-corrected chi connectivity index (χ2v) is 20.3. The van der Waals surface area contributed by atoms with Crippen molar-refractivity contribution in [1.29, 1.82) is 0 Å². The Kier molecular flexibility index (Phi) is 9.25. The van der Waals surface area contributed by atoms with Gasteiger partial charge in [-0.2, -0.15) is 0 Å². The van der Waals surface area contributed by atoms with Crippen LogP contribution in [0.1, 0.15) is 22.3 Å².